The first-order valence-electron chi connectivity index (χ1n) is 6.32. The number of fused-ring (bicyclic) bond motifs is 1. The van der Waals surface area contributed by atoms with Gasteiger partial charge in [-0.15, -0.1) is 0 Å². The molecule has 0 radical (unpaired) electrons. The molecule has 0 aliphatic carbocycles. The number of carbonyl (C=O) groups is 1. The highest BCUT2D eigenvalue weighted by atomic mass is 16.5. The number of aromatic nitrogens is 2. The molecule has 3 aromatic rings. The molecule has 0 unspecified atom stereocenters. The third kappa shape index (κ3) is 2.16. The predicted molar refractivity (Wildman–Crippen MR) is 78.1 cm³/mol. The van der Waals surface area contributed by atoms with Crippen LogP contribution in [0, 0.1) is 0 Å². The van der Waals surface area contributed by atoms with E-state index in [1.54, 1.807) is 26.2 Å². The number of nitrogens with one attached hydrogen (secondary N) is 1. The van der Waals surface area contributed by atoms with Crippen molar-refractivity contribution in [3.63, 3.8) is 0 Å². The zero-order valence-corrected chi connectivity index (χ0v) is 11.3. The first-order chi connectivity index (χ1) is 9.67. The number of Topliss-reactive ketones (excluding diaryl/α,β-unsaturated/α-hetero) is 1. The summed E-state index contributed by atoms with van der Waals surface area (Å²) in [5, 5.41) is 0. The van der Waals surface area contributed by atoms with E-state index in [1.165, 1.54) is 0 Å². The standard InChI is InChI=1S/C16H14N2O2/c1-10(19)12-5-8-14-15(9-12)18-16(17-14)11-3-6-13(20-2)7-4-11/h3-9H,1-2H3,(H,17,18). The van der Waals surface area contributed by atoms with E-state index in [1.807, 2.05) is 30.3 Å². The van der Waals surface area contributed by atoms with E-state index >= 15 is 0 Å². The summed E-state index contributed by atoms with van der Waals surface area (Å²) in [5.41, 5.74) is 3.36. The lowest BCUT2D eigenvalue weighted by atomic mass is 10.1. The van der Waals surface area contributed by atoms with Gasteiger partial charge in [0.25, 0.3) is 0 Å². The van der Waals surface area contributed by atoms with Crippen LogP contribution in [-0.4, -0.2) is 22.9 Å². The Morgan fingerprint density at radius 2 is 1.90 bits per heavy atom. The second-order valence-electron chi connectivity index (χ2n) is 4.60. The summed E-state index contributed by atoms with van der Waals surface area (Å²) in [5.74, 6) is 1.63. The Hall–Kier alpha value is -2.62. The molecule has 0 saturated heterocycles. The van der Waals surface area contributed by atoms with E-state index in [-0.39, 0.29) is 5.78 Å². The number of hydrogen-bond donors (Lipinski definition) is 1. The van der Waals surface area contributed by atoms with Crippen LogP contribution in [-0.2, 0) is 0 Å². The summed E-state index contributed by atoms with van der Waals surface area (Å²) in [6.45, 7) is 1.55. The van der Waals surface area contributed by atoms with Crippen LogP contribution in [0.25, 0.3) is 22.4 Å². The highest BCUT2D eigenvalue weighted by molar-refractivity contribution is 5.97. The summed E-state index contributed by atoms with van der Waals surface area (Å²) in [4.78, 5) is 19.2. The van der Waals surface area contributed by atoms with Crippen molar-refractivity contribution in [2.24, 2.45) is 0 Å². The number of imidazole rings is 1. The van der Waals surface area contributed by atoms with Gasteiger partial charge in [-0.25, -0.2) is 4.98 Å². The second kappa shape index (κ2) is 4.81. The second-order valence-corrected chi connectivity index (χ2v) is 4.60. The van der Waals surface area contributed by atoms with Gasteiger partial charge in [0, 0.05) is 11.1 Å². The van der Waals surface area contributed by atoms with E-state index in [4.69, 9.17) is 4.74 Å². The number of ketones is 1. The van der Waals surface area contributed by atoms with Crippen LogP contribution in [0.4, 0.5) is 0 Å². The topological polar surface area (TPSA) is 55.0 Å². The number of aromatic amines is 1. The van der Waals surface area contributed by atoms with Gasteiger partial charge in [-0.05, 0) is 49.4 Å². The van der Waals surface area contributed by atoms with Gasteiger partial charge in [-0.3, -0.25) is 4.79 Å². The summed E-state index contributed by atoms with van der Waals surface area (Å²) >= 11 is 0. The monoisotopic (exact) mass is 266 g/mol. The van der Waals surface area contributed by atoms with Crippen LogP contribution in [0.2, 0.25) is 0 Å². The molecule has 2 aromatic carbocycles. The number of methoxy groups -OCH3 is 1. The molecule has 1 N–H and O–H groups in total. The molecule has 0 fully saturated rings. The van der Waals surface area contributed by atoms with Gasteiger partial charge in [-0.2, -0.15) is 0 Å². The summed E-state index contributed by atoms with van der Waals surface area (Å²) in [6, 6.07) is 13.2. The van der Waals surface area contributed by atoms with Crippen LogP contribution in [0.5, 0.6) is 5.75 Å². The molecule has 0 spiro atoms. The highest BCUT2D eigenvalue weighted by Crippen LogP contribution is 2.23. The zero-order chi connectivity index (χ0) is 14.1. The number of carbonyl (C=O) groups excluding carboxylic acids is 1. The van der Waals surface area contributed by atoms with Crippen molar-refractivity contribution in [1.29, 1.82) is 0 Å². The minimum atomic E-state index is 0.0425. The van der Waals surface area contributed by atoms with E-state index in [2.05, 4.69) is 9.97 Å². The summed E-state index contributed by atoms with van der Waals surface area (Å²) in [6.07, 6.45) is 0. The van der Waals surface area contributed by atoms with Gasteiger partial charge >= 0.3 is 0 Å². The number of benzene rings is 2. The van der Waals surface area contributed by atoms with E-state index in [9.17, 15) is 4.79 Å². The third-order valence-corrected chi connectivity index (χ3v) is 3.25. The van der Waals surface area contributed by atoms with Crippen LogP contribution in [0.1, 0.15) is 17.3 Å². The fraction of sp³-hybridized carbons (Fsp3) is 0.125. The molecule has 4 heteroatoms. The summed E-state index contributed by atoms with van der Waals surface area (Å²) < 4.78 is 5.14. The highest BCUT2D eigenvalue weighted by Gasteiger charge is 2.07. The first kappa shape index (κ1) is 12.4. The number of nitrogens with zero attached hydrogens (tertiary/aromatic N) is 1. The van der Waals surface area contributed by atoms with E-state index in [0.717, 1.165) is 28.2 Å². The van der Waals surface area contributed by atoms with Crippen molar-refractivity contribution in [2.45, 2.75) is 6.92 Å². The molecule has 20 heavy (non-hydrogen) atoms. The zero-order valence-electron chi connectivity index (χ0n) is 11.3. The molecule has 0 amide bonds. The maximum absolute atomic E-state index is 11.4. The van der Waals surface area contributed by atoms with Crippen molar-refractivity contribution in [1.82, 2.24) is 9.97 Å². The smallest absolute Gasteiger partial charge is 0.159 e. The molecule has 100 valence electrons. The Morgan fingerprint density at radius 3 is 2.55 bits per heavy atom. The minimum absolute atomic E-state index is 0.0425. The average molecular weight is 266 g/mol. The quantitative estimate of drug-likeness (QED) is 0.739. The Kier molecular flexibility index (Phi) is 2.99. The van der Waals surface area contributed by atoms with Crippen molar-refractivity contribution < 1.29 is 9.53 Å². The molecule has 4 nitrogen and oxygen atoms in total. The summed E-state index contributed by atoms with van der Waals surface area (Å²) in [7, 11) is 1.64. The Bertz CT molecular complexity index is 773. The molecule has 1 heterocycles. The normalized spacial score (nSPS) is 10.7. The molecule has 1 aromatic heterocycles. The SMILES string of the molecule is COc1ccc(-c2nc3cc(C(C)=O)ccc3[nH]2)cc1. The largest absolute Gasteiger partial charge is 0.497 e. The third-order valence-electron chi connectivity index (χ3n) is 3.25. The number of hydrogen-bond acceptors (Lipinski definition) is 3. The Labute approximate surface area is 116 Å². The minimum Gasteiger partial charge on any atom is -0.497 e. The Balaban J connectivity index is 2.05. The van der Waals surface area contributed by atoms with Crippen molar-refractivity contribution >= 4 is 16.8 Å². The maximum Gasteiger partial charge on any atom is 0.159 e. The lowest BCUT2D eigenvalue weighted by Gasteiger charge is -2.00. The molecular weight excluding hydrogens is 252 g/mol. The molecule has 0 aliphatic rings. The molecular formula is C16H14N2O2. The lowest BCUT2D eigenvalue weighted by Crippen LogP contribution is -1.90. The van der Waals surface area contributed by atoms with Crippen LogP contribution >= 0.6 is 0 Å². The molecule has 0 atom stereocenters. The molecule has 0 bridgehead atoms. The van der Waals surface area contributed by atoms with E-state index < -0.39 is 0 Å². The van der Waals surface area contributed by atoms with Gasteiger partial charge in [0.1, 0.15) is 11.6 Å². The number of ether oxygens (including phenoxy) is 1. The lowest BCUT2D eigenvalue weighted by molar-refractivity contribution is 0.101. The van der Waals surface area contributed by atoms with E-state index in [0.29, 0.717) is 5.56 Å². The van der Waals surface area contributed by atoms with Crippen LogP contribution in [0.15, 0.2) is 42.5 Å². The van der Waals surface area contributed by atoms with Gasteiger partial charge in [0.15, 0.2) is 5.78 Å². The molecule has 3 rings (SSSR count). The van der Waals surface area contributed by atoms with Crippen molar-refractivity contribution in [3.05, 3.63) is 48.0 Å². The van der Waals surface area contributed by atoms with Gasteiger partial charge in [0.2, 0.25) is 0 Å². The Morgan fingerprint density at radius 1 is 1.15 bits per heavy atom. The van der Waals surface area contributed by atoms with Gasteiger partial charge in [0.05, 0.1) is 18.1 Å². The molecule has 0 aliphatic heterocycles. The predicted octanol–water partition coefficient (Wildman–Crippen LogP) is 3.44. The molecule has 0 saturated carbocycles. The first-order valence-corrected chi connectivity index (χ1v) is 6.32. The van der Waals surface area contributed by atoms with Crippen LogP contribution < -0.4 is 4.74 Å². The van der Waals surface area contributed by atoms with Crippen molar-refractivity contribution in [3.8, 4) is 17.1 Å². The fourth-order valence-electron chi connectivity index (χ4n) is 2.11. The fourth-order valence-corrected chi connectivity index (χ4v) is 2.11. The average Bonchev–Trinajstić information content (AvgIpc) is 2.90. The van der Waals surface area contributed by atoms with Gasteiger partial charge < -0.3 is 9.72 Å². The van der Waals surface area contributed by atoms with Crippen LogP contribution in [0.3, 0.4) is 0 Å². The number of rotatable bonds is 3. The van der Waals surface area contributed by atoms with Crippen molar-refractivity contribution in [2.75, 3.05) is 7.11 Å². The maximum atomic E-state index is 11.4. The number of H-pyrrole nitrogens is 1. The van der Waals surface area contributed by atoms with Gasteiger partial charge in [-0.1, -0.05) is 0 Å².